The molecule has 0 aliphatic heterocycles. The van der Waals surface area contributed by atoms with Gasteiger partial charge in [0.15, 0.2) is 0 Å². The summed E-state index contributed by atoms with van der Waals surface area (Å²) in [6.45, 7) is 12.0. The summed E-state index contributed by atoms with van der Waals surface area (Å²) in [5.41, 5.74) is 5.92. The third-order valence-corrected chi connectivity index (χ3v) is 8.13. The normalized spacial score (nSPS) is 14.6. The minimum Gasteiger partial charge on any atom is -0.489 e. The van der Waals surface area contributed by atoms with Crippen molar-refractivity contribution in [2.24, 2.45) is 5.92 Å². The van der Waals surface area contributed by atoms with Gasteiger partial charge in [0.25, 0.3) is 0 Å². The summed E-state index contributed by atoms with van der Waals surface area (Å²) in [5, 5.41) is 0. The van der Waals surface area contributed by atoms with Gasteiger partial charge in [-0.05, 0) is 99.7 Å². The molecule has 5 heteroatoms. The number of aryl methyl sites for hydroxylation is 1. The Hall–Kier alpha value is -1.99. The lowest BCUT2D eigenvalue weighted by molar-refractivity contribution is 0.166. The van der Waals surface area contributed by atoms with E-state index in [0.29, 0.717) is 30.2 Å². The van der Waals surface area contributed by atoms with Crippen LogP contribution in [0.15, 0.2) is 54.7 Å². The lowest BCUT2D eigenvalue weighted by Crippen LogP contribution is -2.36. The molecule has 0 amide bonds. The largest absolute Gasteiger partial charge is 0.489 e. The number of hydrogen-bond donors (Lipinski definition) is 0. The molecule has 1 aliphatic carbocycles. The average Bonchev–Trinajstić information content (AvgIpc) is 3.68. The van der Waals surface area contributed by atoms with Crippen LogP contribution in [0.3, 0.4) is 0 Å². The zero-order valence-corrected chi connectivity index (χ0v) is 24.3. The van der Waals surface area contributed by atoms with Crippen molar-refractivity contribution in [3.8, 4) is 16.9 Å². The van der Waals surface area contributed by atoms with Crippen LogP contribution in [0.1, 0.15) is 68.8 Å². The van der Waals surface area contributed by atoms with E-state index in [1.807, 2.05) is 25.1 Å². The van der Waals surface area contributed by atoms with E-state index in [2.05, 4.69) is 90.5 Å². The van der Waals surface area contributed by atoms with Crippen LogP contribution in [0, 0.1) is 18.7 Å². The summed E-state index contributed by atoms with van der Waals surface area (Å²) < 4.78 is 22.3. The van der Waals surface area contributed by atoms with Gasteiger partial charge in [-0.2, -0.15) is 0 Å². The van der Waals surface area contributed by atoms with Gasteiger partial charge in [0, 0.05) is 34.3 Å². The first-order chi connectivity index (χ1) is 17.3. The van der Waals surface area contributed by atoms with Gasteiger partial charge >= 0.3 is 0 Å². The van der Waals surface area contributed by atoms with Gasteiger partial charge < -0.3 is 4.74 Å². The Bertz CT molecular complexity index is 1170. The smallest absolute Gasteiger partial charge is 0.149 e. The van der Waals surface area contributed by atoms with Crippen molar-refractivity contribution in [3.63, 3.8) is 0 Å². The zero-order valence-electron chi connectivity index (χ0n) is 22.1. The van der Waals surface area contributed by atoms with Gasteiger partial charge in [-0.1, -0.05) is 52.9 Å². The SMILES string of the molecule is Cc1cc(-c2ccc(COc3cccc(C(CI)C4CC4)c3)cc2CN(C(C)C)C(C)C)c(F)cn1. The van der Waals surface area contributed by atoms with Gasteiger partial charge in [0.2, 0.25) is 0 Å². The molecule has 0 N–H and O–H groups in total. The fraction of sp³-hybridized carbons (Fsp3) is 0.452. The van der Waals surface area contributed by atoms with Gasteiger partial charge in [-0.3, -0.25) is 9.88 Å². The highest BCUT2D eigenvalue weighted by atomic mass is 127. The number of pyridine rings is 1. The Kier molecular flexibility index (Phi) is 9.05. The lowest BCUT2D eigenvalue weighted by atomic mass is 9.96. The summed E-state index contributed by atoms with van der Waals surface area (Å²) in [5.74, 6) is 2.07. The Labute approximate surface area is 229 Å². The van der Waals surface area contributed by atoms with Gasteiger partial charge in [0.1, 0.15) is 18.2 Å². The molecule has 0 spiro atoms. The van der Waals surface area contributed by atoms with Crippen LogP contribution in [0.2, 0.25) is 0 Å². The molecule has 1 saturated carbocycles. The molecule has 3 nitrogen and oxygen atoms in total. The van der Waals surface area contributed by atoms with Crippen molar-refractivity contribution in [1.82, 2.24) is 9.88 Å². The molecule has 1 heterocycles. The third-order valence-electron chi connectivity index (χ3n) is 7.18. The Morgan fingerprint density at radius 2 is 1.78 bits per heavy atom. The zero-order chi connectivity index (χ0) is 25.8. The van der Waals surface area contributed by atoms with Crippen molar-refractivity contribution in [3.05, 3.63) is 82.9 Å². The highest BCUT2D eigenvalue weighted by Crippen LogP contribution is 2.44. The molecule has 1 unspecified atom stereocenters. The minimum atomic E-state index is -0.288. The number of hydrogen-bond acceptors (Lipinski definition) is 3. The molecule has 0 saturated heterocycles. The fourth-order valence-electron chi connectivity index (χ4n) is 5.03. The van der Waals surface area contributed by atoms with Crippen LogP contribution in [-0.2, 0) is 13.2 Å². The number of benzene rings is 2. The quantitative estimate of drug-likeness (QED) is 0.164. The lowest BCUT2D eigenvalue weighted by Gasteiger charge is -2.31. The topological polar surface area (TPSA) is 25.4 Å². The number of alkyl halides is 1. The van der Waals surface area contributed by atoms with E-state index in [9.17, 15) is 4.39 Å². The summed E-state index contributed by atoms with van der Waals surface area (Å²) in [7, 11) is 0. The van der Waals surface area contributed by atoms with Crippen molar-refractivity contribution in [2.75, 3.05) is 4.43 Å². The average molecular weight is 601 g/mol. The standard InChI is InChI=1S/C31H38FIN2O/c1-20(2)35(21(3)4)18-26-14-23(9-12-28(26)29-13-22(5)34-17-31(29)32)19-36-27-8-6-7-25(15-27)30(16-33)24-10-11-24/h6-9,12-15,17,20-21,24,30H,10-11,16,18-19H2,1-5H3. The predicted octanol–water partition coefficient (Wildman–Crippen LogP) is 8.32. The van der Waals surface area contributed by atoms with Gasteiger partial charge in [0.05, 0.1) is 6.20 Å². The van der Waals surface area contributed by atoms with Crippen LogP contribution in [-0.4, -0.2) is 26.4 Å². The van der Waals surface area contributed by atoms with E-state index in [0.717, 1.165) is 45.0 Å². The second-order valence-corrected chi connectivity index (χ2v) is 11.5. The Morgan fingerprint density at radius 1 is 1.03 bits per heavy atom. The van der Waals surface area contributed by atoms with Crippen LogP contribution in [0.4, 0.5) is 4.39 Å². The molecule has 1 fully saturated rings. The molecule has 2 aromatic carbocycles. The van der Waals surface area contributed by atoms with Gasteiger partial charge in [-0.15, -0.1) is 0 Å². The van der Waals surface area contributed by atoms with E-state index >= 15 is 0 Å². The number of aromatic nitrogens is 1. The molecule has 0 radical (unpaired) electrons. The van der Waals surface area contributed by atoms with Crippen molar-refractivity contribution in [2.45, 2.75) is 78.6 Å². The second kappa shape index (κ2) is 12.0. The second-order valence-electron chi connectivity index (χ2n) is 10.6. The maximum Gasteiger partial charge on any atom is 0.149 e. The summed E-state index contributed by atoms with van der Waals surface area (Å²) >= 11 is 2.51. The minimum absolute atomic E-state index is 0.288. The van der Waals surface area contributed by atoms with Gasteiger partial charge in [-0.25, -0.2) is 4.39 Å². The number of ether oxygens (including phenoxy) is 1. The summed E-state index contributed by atoms with van der Waals surface area (Å²) in [6.07, 6.45) is 4.01. The first kappa shape index (κ1) is 27.1. The molecule has 192 valence electrons. The number of rotatable bonds is 11. The van der Waals surface area contributed by atoms with Crippen LogP contribution in [0.25, 0.3) is 11.1 Å². The number of nitrogens with zero attached hydrogens (tertiary/aromatic N) is 2. The third kappa shape index (κ3) is 6.65. The maximum atomic E-state index is 14.9. The summed E-state index contributed by atoms with van der Waals surface area (Å²) in [4.78, 5) is 6.56. The maximum absolute atomic E-state index is 14.9. The predicted molar refractivity (Wildman–Crippen MR) is 155 cm³/mol. The molecular weight excluding hydrogens is 562 g/mol. The van der Waals surface area contributed by atoms with E-state index in [1.54, 1.807) is 0 Å². The highest BCUT2D eigenvalue weighted by Gasteiger charge is 2.31. The molecule has 1 aromatic heterocycles. The van der Waals surface area contributed by atoms with Crippen molar-refractivity contribution in [1.29, 1.82) is 0 Å². The van der Waals surface area contributed by atoms with Crippen molar-refractivity contribution >= 4 is 22.6 Å². The highest BCUT2D eigenvalue weighted by molar-refractivity contribution is 14.1. The van der Waals surface area contributed by atoms with E-state index in [-0.39, 0.29) is 5.82 Å². The first-order valence-corrected chi connectivity index (χ1v) is 14.6. The molecular formula is C31H38FIN2O. The molecule has 0 bridgehead atoms. The summed E-state index contributed by atoms with van der Waals surface area (Å²) in [6, 6.07) is 17.5. The molecule has 1 atom stereocenters. The van der Waals surface area contributed by atoms with E-state index in [4.69, 9.17) is 4.74 Å². The molecule has 1 aliphatic rings. The Morgan fingerprint density at radius 3 is 2.44 bits per heavy atom. The first-order valence-electron chi connectivity index (χ1n) is 13.1. The molecule has 4 rings (SSSR count). The molecule has 3 aromatic rings. The fourth-order valence-corrected chi connectivity index (χ4v) is 6.25. The molecule has 36 heavy (non-hydrogen) atoms. The van der Waals surface area contributed by atoms with Crippen LogP contribution >= 0.6 is 22.6 Å². The van der Waals surface area contributed by atoms with E-state index in [1.165, 1.54) is 24.6 Å². The number of halogens is 2. The van der Waals surface area contributed by atoms with E-state index < -0.39 is 0 Å². The Balaban J connectivity index is 1.61. The van der Waals surface area contributed by atoms with Crippen molar-refractivity contribution < 1.29 is 9.13 Å². The monoisotopic (exact) mass is 600 g/mol. The van der Waals surface area contributed by atoms with Crippen LogP contribution < -0.4 is 4.74 Å². The van der Waals surface area contributed by atoms with Crippen LogP contribution in [0.5, 0.6) is 5.75 Å².